The SMILES string of the molecule is CN(CC(=O)c1cc(F)ccc1O)C1CCC(C)(C)CC1. The van der Waals surface area contributed by atoms with Crippen molar-refractivity contribution in [2.24, 2.45) is 5.41 Å². The van der Waals surface area contributed by atoms with Gasteiger partial charge in [0.15, 0.2) is 5.78 Å². The molecule has 1 aliphatic carbocycles. The first-order chi connectivity index (χ1) is 9.78. The normalized spacial score (nSPS) is 18.9. The van der Waals surface area contributed by atoms with Gasteiger partial charge in [-0.05, 0) is 56.3 Å². The third-order valence-corrected chi connectivity index (χ3v) is 4.58. The quantitative estimate of drug-likeness (QED) is 0.862. The second-order valence-corrected chi connectivity index (χ2v) is 6.90. The van der Waals surface area contributed by atoms with Crippen LogP contribution >= 0.6 is 0 Å². The predicted octanol–water partition coefficient (Wildman–Crippen LogP) is 3.61. The van der Waals surface area contributed by atoms with Gasteiger partial charge in [-0.1, -0.05) is 13.8 Å². The molecule has 1 aromatic carbocycles. The minimum Gasteiger partial charge on any atom is -0.507 e. The molecular weight excluding hydrogens is 269 g/mol. The van der Waals surface area contributed by atoms with Crippen molar-refractivity contribution >= 4 is 5.78 Å². The highest BCUT2D eigenvalue weighted by Gasteiger charge is 2.29. The van der Waals surface area contributed by atoms with E-state index in [1.807, 2.05) is 11.9 Å². The minimum absolute atomic E-state index is 0.0676. The maximum atomic E-state index is 13.2. The van der Waals surface area contributed by atoms with Crippen LogP contribution in [-0.4, -0.2) is 35.4 Å². The molecule has 0 atom stereocenters. The van der Waals surface area contributed by atoms with Gasteiger partial charge in [-0.3, -0.25) is 9.69 Å². The molecule has 0 saturated heterocycles. The Balaban J connectivity index is 1.98. The van der Waals surface area contributed by atoms with Crippen molar-refractivity contribution in [1.82, 2.24) is 4.90 Å². The van der Waals surface area contributed by atoms with Gasteiger partial charge >= 0.3 is 0 Å². The molecule has 0 aromatic heterocycles. The number of aromatic hydroxyl groups is 1. The molecule has 1 N–H and O–H groups in total. The van der Waals surface area contributed by atoms with Crippen molar-refractivity contribution in [1.29, 1.82) is 0 Å². The number of nitrogens with zero attached hydrogens (tertiary/aromatic N) is 1. The van der Waals surface area contributed by atoms with Crippen molar-refractivity contribution in [3.05, 3.63) is 29.6 Å². The Morgan fingerprint density at radius 1 is 1.38 bits per heavy atom. The molecular formula is C17H24FNO2. The van der Waals surface area contributed by atoms with Crippen LogP contribution < -0.4 is 0 Å². The van der Waals surface area contributed by atoms with Crippen LogP contribution in [0.3, 0.4) is 0 Å². The Hall–Kier alpha value is -1.42. The zero-order chi connectivity index (χ0) is 15.6. The fourth-order valence-electron chi connectivity index (χ4n) is 3.00. The highest BCUT2D eigenvalue weighted by molar-refractivity contribution is 6.00. The summed E-state index contributed by atoms with van der Waals surface area (Å²) in [7, 11) is 1.93. The Morgan fingerprint density at radius 3 is 2.62 bits per heavy atom. The number of hydrogen-bond donors (Lipinski definition) is 1. The number of phenolic OH excluding ortho intramolecular Hbond substituents is 1. The zero-order valence-corrected chi connectivity index (χ0v) is 13.0. The van der Waals surface area contributed by atoms with Crippen LogP contribution in [0.4, 0.5) is 4.39 Å². The monoisotopic (exact) mass is 293 g/mol. The number of halogens is 1. The van der Waals surface area contributed by atoms with Crippen LogP contribution in [0.5, 0.6) is 5.75 Å². The summed E-state index contributed by atoms with van der Waals surface area (Å²) in [5.41, 5.74) is 0.459. The van der Waals surface area contributed by atoms with Crippen molar-refractivity contribution < 1.29 is 14.3 Å². The molecule has 116 valence electrons. The Kier molecular flexibility index (Phi) is 4.67. The van der Waals surface area contributed by atoms with Gasteiger partial charge < -0.3 is 5.11 Å². The lowest BCUT2D eigenvalue weighted by atomic mass is 9.75. The summed E-state index contributed by atoms with van der Waals surface area (Å²) in [6.07, 6.45) is 4.46. The van der Waals surface area contributed by atoms with Gasteiger partial charge in [0, 0.05) is 6.04 Å². The maximum Gasteiger partial charge on any atom is 0.180 e. The summed E-state index contributed by atoms with van der Waals surface area (Å²) in [5.74, 6) is -0.892. The average molecular weight is 293 g/mol. The number of carbonyl (C=O) groups excluding carboxylic acids is 1. The summed E-state index contributed by atoms with van der Waals surface area (Å²) in [5, 5.41) is 9.69. The van der Waals surface area contributed by atoms with E-state index in [1.165, 1.54) is 6.07 Å². The Morgan fingerprint density at radius 2 is 2.00 bits per heavy atom. The lowest BCUT2D eigenvalue weighted by Gasteiger charge is -2.38. The molecule has 2 rings (SSSR count). The molecule has 3 nitrogen and oxygen atoms in total. The first-order valence-electron chi connectivity index (χ1n) is 7.50. The fourth-order valence-corrected chi connectivity index (χ4v) is 3.00. The predicted molar refractivity (Wildman–Crippen MR) is 81.1 cm³/mol. The van der Waals surface area contributed by atoms with E-state index in [9.17, 15) is 14.3 Å². The molecule has 0 radical (unpaired) electrons. The number of Topliss-reactive ketones (excluding diaryl/α,β-unsaturated/α-hetero) is 1. The van der Waals surface area contributed by atoms with E-state index in [2.05, 4.69) is 13.8 Å². The van der Waals surface area contributed by atoms with Gasteiger partial charge in [-0.25, -0.2) is 4.39 Å². The molecule has 1 aliphatic rings. The van der Waals surface area contributed by atoms with Crippen LogP contribution in [0.25, 0.3) is 0 Å². The van der Waals surface area contributed by atoms with E-state index in [1.54, 1.807) is 0 Å². The molecule has 0 unspecified atom stereocenters. The number of hydrogen-bond acceptors (Lipinski definition) is 3. The lowest BCUT2D eigenvalue weighted by molar-refractivity contribution is 0.0848. The van der Waals surface area contributed by atoms with Gasteiger partial charge in [0.1, 0.15) is 11.6 Å². The van der Waals surface area contributed by atoms with Crippen LogP contribution in [0.2, 0.25) is 0 Å². The van der Waals surface area contributed by atoms with Crippen LogP contribution in [0.15, 0.2) is 18.2 Å². The molecule has 1 fully saturated rings. The van der Waals surface area contributed by atoms with Crippen LogP contribution in [0.1, 0.15) is 49.9 Å². The van der Waals surface area contributed by atoms with Crippen molar-refractivity contribution in [2.75, 3.05) is 13.6 Å². The smallest absolute Gasteiger partial charge is 0.180 e. The standard InChI is InChI=1S/C17H24FNO2/c1-17(2)8-6-13(7-9-17)19(3)11-16(21)14-10-12(18)4-5-15(14)20/h4-5,10,13,20H,6-9,11H2,1-3H3. The fraction of sp³-hybridized carbons (Fsp3) is 0.588. The number of likely N-dealkylation sites (N-methyl/N-ethyl adjacent to an activating group) is 1. The molecule has 21 heavy (non-hydrogen) atoms. The maximum absolute atomic E-state index is 13.2. The third kappa shape index (κ3) is 4.03. The Bertz CT molecular complexity index is 518. The largest absolute Gasteiger partial charge is 0.507 e. The molecule has 4 heteroatoms. The van der Waals surface area contributed by atoms with E-state index in [0.717, 1.165) is 37.8 Å². The minimum atomic E-state index is -0.502. The molecule has 0 heterocycles. The zero-order valence-electron chi connectivity index (χ0n) is 13.0. The first kappa shape index (κ1) is 16.0. The third-order valence-electron chi connectivity index (χ3n) is 4.58. The van der Waals surface area contributed by atoms with E-state index >= 15 is 0 Å². The van der Waals surface area contributed by atoms with Gasteiger partial charge in [-0.15, -0.1) is 0 Å². The van der Waals surface area contributed by atoms with Gasteiger partial charge in [0.2, 0.25) is 0 Å². The summed E-state index contributed by atoms with van der Waals surface area (Å²) in [4.78, 5) is 14.3. The summed E-state index contributed by atoms with van der Waals surface area (Å²) in [6, 6.07) is 3.87. The van der Waals surface area contributed by atoms with Gasteiger partial charge in [0.05, 0.1) is 12.1 Å². The number of carbonyl (C=O) groups is 1. The molecule has 1 aromatic rings. The average Bonchev–Trinajstić information content (AvgIpc) is 2.41. The van der Waals surface area contributed by atoms with Crippen molar-refractivity contribution in [3.63, 3.8) is 0 Å². The lowest BCUT2D eigenvalue weighted by Crippen LogP contribution is -2.39. The second-order valence-electron chi connectivity index (χ2n) is 6.90. The van der Waals surface area contributed by atoms with Crippen molar-refractivity contribution in [3.8, 4) is 5.75 Å². The highest BCUT2D eigenvalue weighted by atomic mass is 19.1. The number of benzene rings is 1. The topological polar surface area (TPSA) is 40.5 Å². The number of rotatable bonds is 4. The van der Waals surface area contributed by atoms with E-state index in [-0.39, 0.29) is 23.6 Å². The molecule has 0 bridgehead atoms. The summed E-state index contributed by atoms with van der Waals surface area (Å²) >= 11 is 0. The van der Waals surface area contributed by atoms with Gasteiger partial charge in [0.25, 0.3) is 0 Å². The number of ketones is 1. The van der Waals surface area contributed by atoms with Gasteiger partial charge in [-0.2, -0.15) is 0 Å². The van der Waals surface area contributed by atoms with Crippen molar-refractivity contribution in [2.45, 2.75) is 45.6 Å². The highest BCUT2D eigenvalue weighted by Crippen LogP contribution is 2.36. The van der Waals surface area contributed by atoms with Crippen LogP contribution in [0, 0.1) is 11.2 Å². The molecule has 0 aliphatic heterocycles. The Labute approximate surface area is 125 Å². The van der Waals surface area contributed by atoms with E-state index < -0.39 is 5.82 Å². The summed E-state index contributed by atoms with van der Waals surface area (Å²) < 4.78 is 13.2. The van der Waals surface area contributed by atoms with E-state index in [4.69, 9.17) is 0 Å². The second kappa shape index (κ2) is 6.14. The van der Waals surface area contributed by atoms with Crippen LogP contribution in [-0.2, 0) is 0 Å². The molecule has 0 spiro atoms. The molecule has 1 saturated carbocycles. The van der Waals surface area contributed by atoms with E-state index in [0.29, 0.717) is 11.5 Å². The first-order valence-corrected chi connectivity index (χ1v) is 7.50. The molecule has 0 amide bonds. The summed E-state index contributed by atoms with van der Waals surface area (Å²) in [6.45, 7) is 4.76. The number of phenols is 1.